The molecule has 1 fully saturated rings. The molecule has 1 aliphatic rings. The zero-order chi connectivity index (χ0) is 22.5. The number of carbonyl (C=O) groups is 2. The van der Waals surface area contributed by atoms with E-state index in [0.717, 1.165) is 28.1 Å². The van der Waals surface area contributed by atoms with Crippen LogP contribution in [0.25, 0.3) is 0 Å². The van der Waals surface area contributed by atoms with Crippen LogP contribution < -0.4 is 5.32 Å². The third-order valence-electron chi connectivity index (χ3n) is 5.64. The smallest absolute Gasteiger partial charge is 0.247 e. The lowest BCUT2D eigenvalue weighted by atomic mass is 9.94. The highest BCUT2D eigenvalue weighted by Gasteiger charge is 2.49. The van der Waals surface area contributed by atoms with Crippen LogP contribution in [0.1, 0.15) is 24.5 Å². The van der Waals surface area contributed by atoms with Gasteiger partial charge >= 0.3 is 0 Å². The van der Waals surface area contributed by atoms with Crippen LogP contribution in [-0.2, 0) is 32.6 Å². The van der Waals surface area contributed by atoms with E-state index in [1.165, 1.54) is 4.90 Å². The standard InChI is InChI=1S/C23H29N3O4S/c1-23(22(28)24-16-20-12-7-4-8-13-20)18-25(31(2,29)30)17-21(27)26(23)15-9-14-19-10-5-3-6-11-19/h3-8,10-13H,9,14-18H2,1-2H3,(H,24,28). The van der Waals surface area contributed by atoms with Gasteiger partial charge in [0.25, 0.3) is 0 Å². The Hall–Kier alpha value is -2.71. The molecule has 1 heterocycles. The number of piperazine rings is 1. The van der Waals surface area contributed by atoms with Gasteiger partial charge in [0, 0.05) is 19.6 Å². The van der Waals surface area contributed by atoms with Gasteiger partial charge in [0.05, 0.1) is 12.8 Å². The summed E-state index contributed by atoms with van der Waals surface area (Å²) in [7, 11) is -3.61. The Bertz CT molecular complexity index is 1010. The number of amides is 2. The van der Waals surface area contributed by atoms with E-state index in [0.29, 0.717) is 19.5 Å². The highest BCUT2D eigenvalue weighted by atomic mass is 32.2. The Kier molecular flexibility index (Phi) is 7.12. The minimum absolute atomic E-state index is 0.0659. The van der Waals surface area contributed by atoms with Crippen LogP contribution in [0.4, 0.5) is 0 Å². The first-order valence-electron chi connectivity index (χ1n) is 10.3. The van der Waals surface area contributed by atoms with Crippen LogP contribution in [0.15, 0.2) is 60.7 Å². The molecule has 0 bridgehead atoms. The van der Waals surface area contributed by atoms with Crippen molar-refractivity contribution in [3.63, 3.8) is 0 Å². The molecule has 0 aliphatic carbocycles. The van der Waals surface area contributed by atoms with Crippen molar-refractivity contribution in [2.45, 2.75) is 31.8 Å². The highest BCUT2D eigenvalue weighted by Crippen LogP contribution is 2.25. The number of sulfonamides is 1. The Labute approximate surface area is 184 Å². The molecule has 8 heteroatoms. The molecule has 1 saturated heterocycles. The van der Waals surface area contributed by atoms with Gasteiger partial charge in [0.1, 0.15) is 5.54 Å². The Morgan fingerprint density at radius 2 is 1.61 bits per heavy atom. The fraction of sp³-hybridized carbons (Fsp3) is 0.391. The molecule has 2 amide bonds. The van der Waals surface area contributed by atoms with Gasteiger partial charge in [-0.3, -0.25) is 9.59 Å². The predicted octanol–water partition coefficient (Wildman–Crippen LogP) is 1.80. The molecule has 3 rings (SSSR count). The van der Waals surface area contributed by atoms with E-state index in [9.17, 15) is 18.0 Å². The monoisotopic (exact) mass is 443 g/mol. The summed E-state index contributed by atoms with van der Waals surface area (Å²) in [5.41, 5.74) is 0.793. The largest absolute Gasteiger partial charge is 0.350 e. The van der Waals surface area contributed by atoms with Gasteiger partial charge in [0.2, 0.25) is 21.8 Å². The fourth-order valence-electron chi connectivity index (χ4n) is 3.85. The average Bonchev–Trinajstić information content (AvgIpc) is 2.74. The number of nitrogens with one attached hydrogen (secondary N) is 1. The van der Waals surface area contributed by atoms with Crippen LogP contribution in [0.3, 0.4) is 0 Å². The second kappa shape index (κ2) is 9.62. The van der Waals surface area contributed by atoms with Crippen molar-refractivity contribution in [2.75, 3.05) is 25.9 Å². The lowest BCUT2D eigenvalue weighted by molar-refractivity contribution is -0.152. The van der Waals surface area contributed by atoms with E-state index in [1.54, 1.807) is 6.92 Å². The van der Waals surface area contributed by atoms with Gasteiger partial charge < -0.3 is 10.2 Å². The number of nitrogens with zero attached hydrogens (tertiary/aromatic N) is 2. The maximum atomic E-state index is 13.2. The highest BCUT2D eigenvalue weighted by molar-refractivity contribution is 7.88. The van der Waals surface area contributed by atoms with Crippen molar-refractivity contribution in [2.24, 2.45) is 0 Å². The molecule has 2 aromatic rings. The van der Waals surface area contributed by atoms with Crippen molar-refractivity contribution in [1.29, 1.82) is 0 Å². The predicted molar refractivity (Wildman–Crippen MR) is 120 cm³/mol. The molecule has 31 heavy (non-hydrogen) atoms. The van der Waals surface area contributed by atoms with Crippen molar-refractivity contribution in [3.05, 3.63) is 71.8 Å². The summed E-state index contributed by atoms with van der Waals surface area (Å²) in [5, 5.41) is 2.89. The molecule has 0 radical (unpaired) electrons. The SMILES string of the molecule is CC1(C(=O)NCc2ccccc2)CN(S(C)(=O)=O)CC(=O)N1CCCc1ccccc1. The molecule has 1 N–H and O–H groups in total. The van der Waals surface area contributed by atoms with Crippen molar-refractivity contribution in [3.8, 4) is 0 Å². The molecule has 2 aromatic carbocycles. The van der Waals surface area contributed by atoms with Crippen molar-refractivity contribution < 1.29 is 18.0 Å². The zero-order valence-corrected chi connectivity index (χ0v) is 18.8. The minimum atomic E-state index is -3.61. The van der Waals surface area contributed by atoms with Gasteiger partial charge in [0.15, 0.2) is 0 Å². The summed E-state index contributed by atoms with van der Waals surface area (Å²) < 4.78 is 25.4. The normalized spacial score (nSPS) is 19.9. The van der Waals surface area contributed by atoms with Crippen LogP contribution in [0.2, 0.25) is 0 Å². The summed E-state index contributed by atoms with van der Waals surface area (Å²) in [6, 6.07) is 19.4. The summed E-state index contributed by atoms with van der Waals surface area (Å²) in [5.74, 6) is -0.722. The van der Waals surface area contributed by atoms with Crippen LogP contribution in [-0.4, -0.2) is 60.9 Å². The maximum Gasteiger partial charge on any atom is 0.247 e. The summed E-state index contributed by atoms with van der Waals surface area (Å²) in [6.45, 7) is 2.01. The second-order valence-electron chi connectivity index (χ2n) is 8.11. The van der Waals surface area contributed by atoms with Gasteiger partial charge in [-0.2, -0.15) is 4.31 Å². The van der Waals surface area contributed by atoms with Crippen LogP contribution in [0, 0.1) is 0 Å². The number of aryl methyl sites for hydroxylation is 1. The molecular weight excluding hydrogens is 414 g/mol. The van der Waals surface area contributed by atoms with E-state index in [1.807, 2.05) is 60.7 Å². The molecule has 1 unspecified atom stereocenters. The number of hydrogen-bond acceptors (Lipinski definition) is 4. The van der Waals surface area contributed by atoms with Crippen molar-refractivity contribution >= 4 is 21.8 Å². The van der Waals surface area contributed by atoms with Crippen LogP contribution >= 0.6 is 0 Å². The van der Waals surface area contributed by atoms with E-state index in [2.05, 4.69) is 5.32 Å². The Balaban J connectivity index is 1.76. The molecule has 0 spiro atoms. The number of benzene rings is 2. The summed E-state index contributed by atoms with van der Waals surface area (Å²) >= 11 is 0. The van der Waals surface area contributed by atoms with E-state index in [-0.39, 0.29) is 24.9 Å². The lowest BCUT2D eigenvalue weighted by Crippen LogP contribution is -2.69. The Morgan fingerprint density at radius 1 is 1.03 bits per heavy atom. The molecular formula is C23H29N3O4S. The maximum absolute atomic E-state index is 13.2. The van der Waals surface area contributed by atoms with Gasteiger partial charge in [-0.15, -0.1) is 0 Å². The third-order valence-corrected chi connectivity index (χ3v) is 6.83. The van der Waals surface area contributed by atoms with E-state index >= 15 is 0 Å². The fourth-order valence-corrected chi connectivity index (χ4v) is 4.68. The quantitative estimate of drug-likeness (QED) is 0.674. The second-order valence-corrected chi connectivity index (χ2v) is 10.1. The van der Waals surface area contributed by atoms with E-state index < -0.39 is 15.6 Å². The topological polar surface area (TPSA) is 86.8 Å². The first-order chi connectivity index (χ1) is 14.7. The Morgan fingerprint density at radius 3 is 2.19 bits per heavy atom. The molecule has 0 saturated carbocycles. The first-order valence-corrected chi connectivity index (χ1v) is 12.2. The van der Waals surface area contributed by atoms with Crippen molar-refractivity contribution in [1.82, 2.24) is 14.5 Å². The van der Waals surface area contributed by atoms with Gasteiger partial charge in [-0.25, -0.2) is 8.42 Å². The summed E-state index contributed by atoms with van der Waals surface area (Å²) in [4.78, 5) is 27.7. The minimum Gasteiger partial charge on any atom is -0.350 e. The summed E-state index contributed by atoms with van der Waals surface area (Å²) in [6.07, 6.45) is 2.51. The molecule has 1 atom stereocenters. The van der Waals surface area contributed by atoms with E-state index in [4.69, 9.17) is 0 Å². The lowest BCUT2D eigenvalue weighted by Gasteiger charge is -2.46. The first kappa shape index (κ1) is 23.0. The van der Waals surface area contributed by atoms with Gasteiger partial charge in [-0.1, -0.05) is 60.7 Å². The van der Waals surface area contributed by atoms with Crippen LogP contribution in [0.5, 0.6) is 0 Å². The molecule has 1 aliphatic heterocycles. The number of rotatable bonds is 8. The van der Waals surface area contributed by atoms with Gasteiger partial charge in [-0.05, 0) is 30.9 Å². The average molecular weight is 444 g/mol. The number of carbonyl (C=O) groups excluding carboxylic acids is 2. The molecule has 7 nitrogen and oxygen atoms in total. The number of hydrogen-bond donors (Lipinski definition) is 1. The zero-order valence-electron chi connectivity index (χ0n) is 18.0. The molecule has 0 aromatic heterocycles. The third kappa shape index (κ3) is 5.71. The molecule has 166 valence electrons.